The predicted octanol–water partition coefficient (Wildman–Crippen LogP) is 4.70. The molecule has 2 rings (SSSR count). The number of hydrogen-bond acceptors (Lipinski definition) is 3. The van der Waals surface area contributed by atoms with E-state index in [1.807, 2.05) is 19.9 Å². The van der Waals surface area contributed by atoms with Crippen LogP contribution in [0, 0.1) is 5.82 Å². The first-order chi connectivity index (χ1) is 9.61. The maximum atomic E-state index is 14.1. The van der Waals surface area contributed by atoms with Crippen LogP contribution < -0.4 is 5.32 Å². The molecule has 0 spiro atoms. The predicted molar refractivity (Wildman–Crippen MR) is 81.9 cm³/mol. The van der Waals surface area contributed by atoms with Crippen molar-refractivity contribution in [3.8, 4) is 0 Å². The van der Waals surface area contributed by atoms with Crippen molar-refractivity contribution in [2.24, 2.45) is 0 Å². The molecule has 0 fully saturated rings. The molecule has 1 unspecified atom stereocenters. The summed E-state index contributed by atoms with van der Waals surface area (Å²) in [5.74, 6) is -0.228. The van der Waals surface area contributed by atoms with E-state index in [0.29, 0.717) is 9.92 Å². The molecule has 2 nitrogen and oxygen atoms in total. The van der Waals surface area contributed by atoms with Crippen molar-refractivity contribution in [2.75, 3.05) is 6.54 Å². The molecule has 1 N–H and O–H groups in total. The summed E-state index contributed by atoms with van der Waals surface area (Å²) in [6, 6.07) is 8.78. The normalized spacial score (nSPS) is 12.4. The third kappa shape index (κ3) is 3.72. The van der Waals surface area contributed by atoms with E-state index >= 15 is 0 Å². The summed E-state index contributed by atoms with van der Waals surface area (Å²) < 4.78 is 14.1. The van der Waals surface area contributed by atoms with Crippen molar-refractivity contribution in [1.29, 1.82) is 0 Å². The number of nitrogens with one attached hydrogen (secondary N) is 1. The molecule has 0 saturated heterocycles. The zero-order valence-corrected chi connectivity index (χ0v) is 12.9. The van der Waals surface area contributed by atoms with Gasteiger partial charge in [-0.3, -0.25) is 0 Å². The highest BCUT2D eigenvalue weighted by molar-refractivity contribution is 7.99. The van der Waals surface area contributed by atoms with Crippen molar-refractivity contribution >= 4 is 23.4 Å². The van der Waals surface area contributed by atoms with Gasteiger partial charge in [-0.15, -0.1) is 0 Å². The SMILES string of the molecule is CCNC(C)c1cccc(F)c1Sc1ccc(Cl)cn1. The Morgan fingerprint density at radius 1 is 1.35 bits per heavy atom. The Balaban J connectivity index is 2.32. The van der Waals surface area contributed by atoms with Crippen molar-refractivity contribution in [3.63, 3.8) is 0 Å². The summed E-state index contributed by atoms with van der Waals surface area (Å²) in [4.78, 5) is 4.81. The van der Waals surface area contributed by atoms with Gasteiger partial charge in [-0.25, -0.2) is 9.37 Å². The molecule has 0 aliphatic rings. The molecule has 20 heavy (non-hydrogen) atoms. The second kappa shape index (κ2) is 7.07. The molecule has 5 heteroatoms. The van der Waals surface area contributed by atoms with Crippen LogP contribution in [-0.2, 0) is 0 Å². The van der Waals surface area contributed by atoms with Crippen LogP contribution in [0.4, 0.5) is 4.39 Å². The van der Waals surface area contributed by atoms with Crippen LogP contribution in [0.2, 0.25) is 5.02 Å². The first-order valence-corrected chi connectivity index (χ1v) is 7.62. The number of pyridine rings is 1. The third-order valence-corrected chi connectivity index (χ3v) is 4.19. The summed E-state index contributed by atoms with van der Waals surface area (Å²) in [5, 5.41) is 4.60. The molecule has 0 aliphatic heterocycles. The monoisotopic (exact) mass is 310 g/mol. The molecule has 1 heterocycles. The minimum absolute atomic E-state index is 0.0884. The van der Waals surface area contributed by atoms with E-state index in [-0.39, 0.29) is 11.9 Å². The Bertz CT molecular complexity index is 575. The quantitative estimate of drug-likeness (QED) is 0.866. The Morgan fingerprint density at radius 3 is 2.80 bits per heavy atom. The van der Waals surface area contributed by atoms with Gasteiger partial charge in [-0.05, 0) is 37.2 Å². The molecule has 2 aromatic rings. The fourth-order valence-corrected chi connectivity index (χ4v) is 3.01. The van der Waals surface area contributed by atoms with E-state index in [1.165, 1.54) is 17.8 Å². The molecular weight excluding hydrogens is 295 g/mol. The van der Waals surface area contributed by atoms with Crippen LogP contribution in [0.1, 0.15) is 25.5 Å². The summed E-state index contributed by atoms with van der Waals surface area (Å²) in [6.07, 6.45) is 1.57. The average Bonchev–Trinajstić information content (AvgIpc) is 2.43. The molecule has 0 saturated carbocycles. The van der Waals surface area contributed by atoms with Crippen LogP contribution in [-0.4, -0.2) is 11.5 Å². The maximum Gasteiger partial charge on any atom is 0.137 e. The largest absolute Gasteiger partial charge is 0.310 e. The Morgan fingerprint density at radius 2 is 2.15 bits per heavy atom. The van der Waals surface area contributed by atoms with E-state index in [9.17, 15) is 4.39 Å². The minimum Gasteiger partial charge on any atom is -0.310 e. The number of hydrogen-bond donors (Lipinski definition) is 1. The number of halogens is 2. The summed E-state index contributed by atoms with van der Waals surface area (Å²) in [6.45, 7) is 4.89. The lowest BCUT2D eigenvalue weighted by Gasteiger charge is -2.17. The van der Waals surface area contributed by atoms with Crippen LogP contribution in [0.3, 0.4) is 0 Å². The van der Waals surface area contributed by atoms with Gasteiger partial charge >= 0.3 is 0 Å². The smallest absolute Gasteiger partial charge is 0.137 e. The van der Waals surface area contributed by atoms with E-state index in [0.717, 1.165) is 17.1 Å². The lowest BCUT2D eigenvalue weighted by Crippen LogP contribution is -2.18. The van der Waals surface area contributed by atoms with Crippen LogP contribution in [0.5, 0.6) is 0 Å². The number of aromatic nitrogens is 1. The van der Waals surface area contributed by atoms with Crippen molar-refractivity contribution in [3.05, 3.63) is 52.9 Å². The fourth-order valence-electron chi connectivity index (χ4n) is 1.92. The van der Waals surface area contributed by atoms with Gasteiger partial charge in [0.2, 0.25) is 0 Å². The van der Waals surface area contributed by atoms with Gasteiger partial charge in [0.15, 0.2) is 0 Å². The molecule has 1 atom stereocenters. The Kier molecular flexibility index (Phi) is 5.40. The van der Waals surface area contributed by atoms with Crippen LogP contribution >= 0.6 is 23.4 Å². The minimum atomic E-state index is -0.228. The van der Waals surface area contributed by atoms with Gasteiger partial charge in [0.25, 0.3) is 0 Å². The molecule has 106 valence electrons. The van der Waals surface area contributed by atoms with Gasteiger partial charge in [0, 0.05) is 12.2 Å². The van der Waals surface area contributed by atoms with Gasteiger partial charge in [0.1, 0.15) is 10.8 Å². The first kappa shape index (κ1) is 15.3. The second-order valence-corrected chi connectivity index (χ2v) is 5.82. The maximum absolute atomic E-state index is 14.1. The molecule has 0 amide bonds. The summed E-state index contributed by atoms with van der Waals surface area (Å²) in [7, 11) is 0. The standard InChI is InChI=1S/C15H16ClFN2S/c1-3-18-10(2)12-5-4-6-13(17)15(12)20-14-8-7-11(16)9-19-14/h4-10,18H,3H2,1-2H3. The highest BCUT2D eigenvalue weighted by Crippen LogP contribution is 2.34. The molecular formula is C15H16ClFN2S. The number of benzene rings is 1. The first-order valence-electron chi connectivity index (χ1n) is 6.43. The van der Waals surface area contributed by atoms with Gasteiger partial charge < -0.3 is 5.32 Å². The van der Waals surface area contributed by atoms with E-state index in [1.54, 1.807) is 24.4 Å². The third-order valence-electron chi connectivity index (χ3n) is 2.88. The van der Waals surface area contributed by atoms with Gasteiger partial charge in [-0.1, -0.05) is 42.4 Å². The fraction of sp³-hybridized carbons (Fsp3) is 0.267. The average molecular weight is 311 g/mol. The van der Waals surface area contributed by atoms with Crippen molar-refractivity contribution in [2.45, 2.75) is 29.8 Å². The van der Waals surface area contributed by atoms with Crippen LogP contribution in [0.15, 0.2) is 46.5 Å². The topological polar surface area (TPSA) is 24.9 Å². The van der Waals surface area contributed by atoms with E-state index in [4.69, 9.17) is 11.6 Å². The zero-order valence-electron chi connectivity index (χ0n) is 11.4. The van der Waals surface area contributed by atoms with E-state index in [2.05, 4.69) is 10.3 Å². The molecule has 0 aliphatic carbocycles. The van der Waals surface area contributed by atoms with Gasteiger partial charge in [-0.2, -0.15) is 0 Å². The summed E-state index contributed by atoms with van der Waals surface area (Å²) >= 11 is 7.13. The number of rotatable bonds is 5. The molecule has 0 bridgehead atoms. The van der Waals surface area contributed by atoms with E-state index < -0.39 is 0 Å². The van der Waals surface area contributed by atoms with Gasteiger partial charge in [0.05, 0.1) is 9.92 Å². The molecule has 0 radical (unpaired) electrons. The Labute approximate surface area is 127 Å². The van der Waals surface area contributed by atoms with Crippen molar-refractivity contribution in [1.82, 2.24) is 10.3 Å². The highest BCUT2D eigenvalue weighted by atomic mass is 35.5. The highest BCUT2D eigenvalue weighted by Gasteiger charge is 2.15. The number of nitrogens with zero attached hydrogens (tertiary/aromatic N) is 1. The zero-order chi connectivity index (χ0) is 14.5. The second-order valence-electron chi connectivity index (χ2n) is 4.35. The lowest BCUT2D eigenvalue weighted by molar-refractivity contribution is 0.558. The lowest BCUT2D eigenvalue weighted by atomic mass is 10.1. The summed E-state index contributed by atoms with van der Waals surface area (Å²) in [5.41, 5.74) is 0.939. The Hall–Kier alpha value is -1.10. The van der Waals surface area contributed by atoms with Crippen LogP contribution in [0.25, 0.3) is 0 Å². The molecule has 1 aromatic carbocycles. The van der Waals surface area contributed by atoms with Crippen molar-refractivity contribution < 1.29 is 4.39 Å². The molecule has 1 aromatic heterocycles.